The number of carbonyl (C=O) groups is 1. The maximum atomic E-state index is 12.6. The SMILES string of the molecule is CCN(CC)C(=O)C[C@@H]1CC2c3cccc4[nH]cc(c34)C[C@H]2N(C)C1. The Morgan fingerprint density at radius 3 is 2.88 bits per heavy atom. The van der Waals surface area contributed by atoms with E-state index in [4.69, 9.17) is 0 Å². The largest absolute Gasteiger partial charge is 0.361 e. The third-order valence-corrected chi connectivity index (χ3v) is 6.39. The smallest absolute Gasteiger partial charge is 0.222 e. The fourth-order valence-corrected chi connectivity index (χ4v) is 5.15. The van der Waals surface area contributed by atoms with Gasteiger partial charge in [0.1, 0.15) is 0 Å². The maximum absolute atomic E-state index is 12.6. The molecule has 1 aromatic heterocycles. The van der Waals surface area contributed by atoms with E-state index < -0.39 is 0 Å². The van der Waals surface area contributed by atoms with Gasteiger partial charge in [0, 0.05) is 55.1 Å². The number of H-pyrrole nitrogens is 1. The number of amides is 1. The first-order valence-electron chi connectivity index (χ1n) is 9.69. The lowest BCUT2D eigenvalue weighted by Crippen LogP contribution is -2.48. The van der Waals surface area contributed by atoms with Gasteiger partial charge in [0.25, 0.3) is 0 Å². The number of carbonyl (C=O) groups excluding carboxylic acids is 1. The third-order valence-electron chi connectivity index (χ3n) is 6.39. The van der Waals surface area contributed by atoms with Crippen LogP contribution in [0.1, 0.15) is 43.7 Å². The molecule has 4 rings (SSSR count). The highest BCUT2D eigenvalue weighted by Crippen LogP contribution is 2.44. The zero-order valence-electron chi connectivity index (χ0n) is 15.6. The van der Waals surface area contributed by atoms with Gasteiger partial charge >= 0.3 is 0 Å². The molecule has 0 radical (unpaired) electrons. The number of aromatic nitrogens is 1. The topological polar surface area (TPSA) is 39.3 Å². The number of nitrogens with one attached hydrogen (secondary N) is 1. The van der Waals surface area contributed by atoms with E-state index in [1.54, 1.807) is 0 Å². The van der Waals surface area contributed by atoms with Crippen molar-refractivity contribution in [1.82, 2.24) is 14.8 Å². The molecule has 134 valence electrons. The van der Waals surface area contributed by atoms with E-state index in [0.29, 0.717) is 30.2 Å². The number of fused-ring (bicyclic) bond motifs is 2. The summed E-state index contributed by atoms with van der Waals surface area (Å²) < 4.78 is 0. The summed E-state index contributed by atoms with van der Waals surface area (Å²) in [5.41, 5.74) is 4.20. The molecule has 4 heteroatoms. The van der Waals surface area contributed by atoms with E-state index in [2.05, 4.69) is 55.2 Å². The molecule has 4 nitrogen and oxygen atoms in total. The quantitative estimate of drug-likeness (QED) is 0.927. The van der Waals surface area contributed by atoms with Gasteiger partial charge in [-0.05, 0) is 56.8 Å². The number of likely N-dealkylation sites (tertiary alicyclic amines) is 1. The Hall–Kier alpha value is -1.81. The Labute approximate surface area is 150 Å². The molecule has 1 unspecified atom stereocenters. The minimum Gasteiger partial charge on any atom is -0.361 e. The number of likely N-dealkylation sites (N-methyl/N-ethyl adjacent to an activating group) is 1. The van der Waals surface area contributed by atoms with Gasteiger partial charge in [-0.1, -0.05) is 12.1 Å². The van der Waals surface area contributed by atoms with Gasteiger partial charge in [-0.3, -0.25) is 4.79 Å². The minimum absolute atomic E-state index is 0.318. The van der Waals surface area contributed by atoms with E-state index in [0.717, 1.165) is 32.5 Å². The molecule has 2 aliphatic rings. The standard InChI is InChI=1S/C21H29N3O/c1-4-24(5-2)20(25)10-14-9-17-16-7-6-8-18-21(16)15(12-22-18)11-19(17)23(3)13-14/h6-8,12,14,17,19,22H,4-5,9-11,13H2,1-3H3/t14-,17?,19+/m0/s1. The highest BCUT2D eigenvalue weighted by atomic mass is 16.2. The van der Waals surface area contributed by atoms with Crippen LogP contribution in [0.25, 0.3) is 10.9 Å². The molecule has 2 heterocycles. The van der Waals surface area contributed by atoms with Gasteiger partial charge in [0.05, 0.1) is 0 Å². The first kappa shape index (κ1) is 16.6. The molecule has 1 amide bonds. The van der Waals surface area contributed by atoms with Crippen molar-refractivity contribution in [3.63, 3.8) is 0 Å². The first-order chi connectivity index (χ1) is 12.1. The number of hydrogen-bond donors (Lipinski definition) is 1. The van der Waals surface area contributed by atoms with Crippen LogP contribution in [0, 0.1) is 5.92 Å². The third kappa shape index (κ3) is 2.77. The van der Waals surface area contributed by atoms with E-state index >= 15 is 0 Å². The van der Waals surface area contributed by atoms with Crippen molar-refractivity contribution in [1.29, 1.82) is 0 Å². The Bertz CT molecular complexity index is 777. The molecule has 25 heavy (non-hydrogen) atoms. The van der Waals surface area contributed by atoms with Crippen molar-refractivity contribution in [3.05, 3.63) is 35.5 Å². The Balaban J connectivity index is 1.60. The summed E-state index contributed by atoms with van der Waals surface area (Å²) in [5, 5.41) is 1.44. The van der Waals surface area contributed by atoms with Crippen LogP contribution in [0.4, 0.5) is 0 Å². The molecule has 1 aromatic carbocycles. The second kappa shape index (κ2) is 6.49. The van der Waals surface area contributed by atoms with Crippen LogP contribution in [0.15, 0.2) is 24.4 Å². The van der Waals surface area contributed by atoms with E-state index in [1.807, 2.05) is 4.90 Å². The second-order valence-corrected chi connectivity index (χ2v) is 7.77. The van der Waals surface area contributed by atoms with Crippen molar-refractivity contribution in [2.45, 2.75) is 45.1 Å². The van der Waals surface area contributed by atoms with Crippen LogP contribution in [-0.4, -0.2) is 53.4 Å². The van der Waals surface area contributed by atoms with Crippen molar-refractivity contribution in [3.8, 4) is 0 Å². The molecule has 2 aromatic rings. The minimum atomic E-state index is 0.318. The number of nitrogens with zero attached hydrogens (tertiary/aromatic N) is 2. The molecular formula is C21H29N3O. The van der Waals surface area contributed by atoms with Crippen LogP contribution in [0.5, 0.6) is 0 Å². The predicted octanol–water partition coefficient (Wildman–Crippen LogP) is 3.39. The van der Waals surface area contributed by atoms with Crippen molar-refractivity contribution in [2.24, 2.45) is 5.92 Å². The number of piperidine rings is 1. The summed E-state index contributed by atoms with van der Waals surface area (Å²) in [6.07, 6.45) is 5.13. The fourth-order valence-electron chi connectivity index (χ4n) is 5.15. The van der Waals surface area contributed by atoms with Gasteiger partial charge in [-0.25, -0.2) is 0 Å². The molecule has 3 atom stereocenters. The summed E-state index contributed by atoms with van der Waals surface area (Å²) in [4.78, 5) is 20.5. The van der Waals surface area contributed by atoms with Gasteiger partial charge in [0.2, 0.25) is 5.91 Å². The normalized spacial score (nSPS) is 25.8. The number of aromatic amines is 1. The van der Waals surface area contributed by atoms with Crippen molar-refractivity contribution in [2.75, 3.05) is 26.7 Å². The lowest BCUT2D eigenvalue weighted by Gasteiger charge is -2.45. The molecule has 0 bridgehead atoms. The molecule has 1 fully saturated rings. The van der Waals surface area contributed by atoms with Crippen LogP contribution < -0.4 is 0 Å². The molecule has 1 saturated heterocycles. The second-order valence-electron chi connectivity index (χ2n) is 7.77. The summed E-state index contributed by atoms with van der Waals surface area (Å²) in [6.45, 7) is 6.80. The summed E-state index contributed by atoms with van der Waals surface area (Å²) >= 11 is 0. The van der Waals surface area contributed by atoms with E-state index in [1.165, 1.54) is 22.0 Å². The Morgan fingerprint density at radius 1 is 1.32 bits per heavy atom. The highest BCUT2D eigenvalue weighted by molar-refractivity contribution is 5.88. The summed E-state index contributed by atoms with van der Waals surface area (Å²) in [5.74, 6) is 1.31. The average Bonchev–Trinajstić information content (AvgIpc) is 3.02. The number of benzene rings is 1. The molecule has 0 saturated carbocycles. The van der Waals surface area contributed by atoms with Crippen molar-refractivity contribution < 1.29 is 4.79 Å². The Morgan fingerprint density at radius 2 is 2.12 bits per heavy atom. The molecule has 1 aliphatic heterocycles. The van der Waals surface area contributed by atoms with Gasteiger partial charge in [-0.2, -0.15) is 0 Å². The van der Waals surface area contributed by atoms with Crippen molar-refractivity contribution >= 4 is 16.8 Å². The van der Waals surface area contributed by atoms with Crippen LogP contribution >= 0.6 is 0 Å². The highest BCUT2D eigenvalue weighted by Gasteiger charge is 2.39. The zero-order chi connectivity index (χ0) is 17.6. The zero-order valence-corrected chi connectivity index (χ0v) is 15.6. The first-order valence-corrected chi connectivity index (χ1v) is 9.69. The Kier molecular flexibility index (Phi) is 4.32. The molecule has 0 spiro atoms. The average molecular weight is 339 g/mol. The monoisotopic (exact) mass is 339 g/mol. The summed E-state index contributed by atoms with van der Waals surface area (Å²) in [6, 6.07) is 7.22. The predicted molar refractivity (Wildman–Crippen MR) is 102 cm³/mol. The molecule has 1 N–H and O–H groups in total. The fraction of sp³-hybridized carbons (Fsp3) is 0.571. The van der Waals surface area contributed by atoms with Gasteiger partial charge < -0.3 is 14.8 Å². The van der Waals surface area contributed by atoms with E-state index in [9.17, 15) is 4.79 Å². The van der Waals surface area contributed by atoms with Crippen LogP contribution in [0.3, 0.4) is 0 Å². The lowest BCUT2D eigenvalue weighted by molar-refractivity contribution is -0.132. The van der Waals surface area contributed by atoms with Crippen LogP contribution in [0.2, 0.25) is 0 Å². The van der Waals surface area contributed by atoms with Crippen LogP contribution in [-0.2, 0) is 11.2 Å². The molecular weight excluding hydrogens is 310 g/mol. The maximum Gasteiger partial charge on any atom is 0.222 e. The van der Waals surface area contributed by atoms with Gasteiger partial charge in [-0.15, -0.1) is 0 Å². The molecule has 1 aliphatic carbocycles. The van der Waals surface area contributed by atoms with Gasteiger partial charge in [0.15, 0.2) is 0 Å². The number of rotatable bonds is 4. The van der Waals surface area contributed by atoms with E-state index in [-0.39, 0.29) is 0 Å². The summed E-state index contributed by atoms with van der Waals surface area (Å²) in [7, 11) is 2.24. The number of hydrogen-bond acceptors (Lipinski definition) is 2. The lowest BCUT2D eigenvalue weighted by atomic mass is 9.72.